The molecule has 0 bridgehead atoms. The lowest BCUT2D eigenvalue weighted by Gasteiger charge is -2.30. The number of para-hydroxylation sites is 1. The smallest absolute Gasteiger partial charge is 0.256 e. The summed E-state index contributed by atoms with van der Waals surface area (Å²) < 4.78 is 10.8. The largest absolute Gasteiger partial charge is 0.494 e. The van der Waals surface area contributed by atoms with Crippen LogP contribution in [0.4, 0.5) is 5.69 Å². The number of carbonyl (C=O) groups excluding carboxylic acids is 1. The average molecular weight is 422 g/mol. The number of benzene rings is 2. The summed E-state index contributed by atoms with van der Waals surface area (Å²) in [7, 11) is 0. The molecule has 31 heavy (non-hydrogen) atoms. The van der Waals surface area contributed by atoms with Gasteiger partial charge in [-0.2, -0.15) is 4.98 Å². The molecule has 1 amide bonds. The van der Waals surface area contributed by atoms with E-state index in [1.54, 1.807) is 11.0 Å². The number of hydrogen-bond donors (Lipinski definition) is 2. The van der Waals surface area contributed by atoms with Crippen molar-refractivity contribution in [2.75, 3.05) is 25.0 Å². The van der Waals surface area contributed by atoms with Gasteiger partial charge in [-0.15, -0.1) is 0 Å². The van der Waals surface area contributed by atoms with Crippen LogP contribution in [0.15, 0.2) is 53.1 Å². The van der Waals surface area contributed by atoms with E-state index in [-0.39, 0.29) is 12.5 Å². The van der Waals surface area contributed by atoms with Crippen molar-refractivity contribution < 1.29 is 19.2 Å². The zero-order valence-corrected chi connectivity index (χ0v) is 17.5. The van der Waals surface area contributed by atoms with Gasteiger partial charge in [-0.05, 0) is 56.2 Å². The fraction of sp³-hybridized carbons (Fsp3) is 0.348. The molecule has 1 unspecified atom stereocenters. The summed E-state index contributed by atoms with van der Waals surface area (Å²) >= 11 is 0. The van der Waals surface area contributed by atoms with E-state index in [1.165, 1.54) is 0 Å². The standard InChI is InChI=1S/C23H26N4O4/c1-2-30-18-11-9-16(10-12-18)22-25-21(31-26-22)14-24-20-8-4-3-7-19(20)23(29)27-13-5-6-17(28)15-27/h3-4,7-12,17,24,28H,2,5-6,13-15H2,1H3. The van der Waals surface area contributed by atoms with Gasteiger partial charge in [-0.1, -0.05) is 17.3 Å². The Kier molecular flexibility index (Phi) is 6.47. The van der Waals surface area contributed by atoms with E-state index in [2.05, 4.69) is 15.5 Å². The third kappa shape index (κ3) is 5.03. The summed E-state index contributed by atoms with van der Waals surface area (Å²) in [4.78, 5) is 19.1. The van der Waals surface area contributed by atoms with Crippen LogP contribution in [0.1, 0.15) is 36.0 Å². The maximum Gasteiger partial charge on any atom is 0.256 e. The predicted molar refractivity (Wildman–Crippen MR) is 116 cm³/mol. The Morgan fingerprint density at radius 3 is 2.84 bits per heavy atom. The number of β-amino-alcohol motifs (C(OH)–C–C–N with tert-alkyl or cyclic N) is 1. The van der Waals surface area contributed by atoms with Gasteiger partial charge >= 0.3 is 0 Å². The second-order valence-electron chi connectivity index (χ2n) is 7.42. The summed E-state index contributed by atoms with van der Waals surface area (Å²) in [6.07, 6.45) is 1.08. The molecule has 2 aromatic carbocycles. The maximum absolute atomic E-state index is 13.0. The minimum absolute atomic E-state index is 0.0949. The van der Waals surface area contributed by atoms with E-state index in [4.69, 9.17) is 9.26 Å². The van der Waals surface area contributed by atoms with Crippen molar-refractivity contribution in [3.63, 3.8) is 0 Å². The lowest BCUT2D eigenvalue weighted by molar-refractivity contribution is 0.0474. The van der Waals surface area contributed by atoms with Crippen molar-refractivity contribution in [3.05, 3.63) is 60.0 Å². The molecule has 162 valence electrons. The number of nitrogens with zero attached hydrogens (tertiary/aromatic N) is 3. The number of nitrogens with one attached hydrogen (secondary N) is 1. The molecule has 3 aromatic rings. The molecule has 0 spiro atoms. The lowest BCUT2D eigenvalue weighted by Crippen LogP contribution is -2.42. The predicted octanol–water partition coefficient (Wildman–Crippen LogP) is 3.34. The van der Waals surface area contributed by atoms with Gasteiger partial charge in [-0.25, -0.2) is 0 Å². The van der Waals surface area contributed by atoms with E-state index in [0.29, 0.717) is 42.7 Å². The molecular weight excluding hydrogens is 396 g/mol. The van der Waals surface area contributed by atoms with Gasteiger partial charge in [0.25, 0.3) is 5.91 Å². The van der Waals surface area contributed by atoms with Crippen molar-refractivity contribution >= 4 is 11.6 Å². The van der Waals surface area contributed by atoms with Crippen LogP contribution >= 0.6 is 0 Å². The molecule has 2 heterocycles. The second kappa shape index (κ2) is 9.61. The summed E-state index contributed by atoms with van der Waals surface area (Å²) in [6.45, 7) is 3.85. The summed E-state index contributed by atoms with van der Waals surface area (Å²) in [5.74, 6) is 1.60. The Morgan fingerprint density at radius 1 is 1.26 bits per heavy atom. The van der Waals surface area contributed by atoms with Crippen molar-refractivity contribution in [1.29, 1.82) is 0 Å². The van der Waals surface area contributed by atoms with Gasteiger partial charge in [0.1, 0.15) is 5.75 Å². The molecule has 1 atom stereocenters. The molecule has 8 heteroatoms. The van der Waals surface area contributed by atoms with Crippen LogP contribution in [0.25, 0.3) is 11.4 Å². The molecule has 0 aliphatic carbocycles. The third-order valence-corrected chi connectivity index (χ3v) is 5.16. The number of aromatic nitrogens is 2. The van der Waals surface area contributed by atoms with Crippen LogP contribution in [0.5, 0.6) is 5.75 Å². The van der Waals surface area contributed by atoms with Gasteiger partial charge in [0.2, 0.25) is 11.7 Å². The van der Waals surface area contributed by atoms with Gasteiger partial charge in [0, 0.05) is 24.3 Å². The van der Waals surface area contributed by atoms with Crippen molar-refractivity contribution in [2.45, 2.75) is 32.4 Å². The van der Waals surface area contributed by atoms with Crippen LogP contribution in [0.2, 0.25) is 0 Å². The Bertz CT molecular complexity index is 1020. The van der Waals surface area contributed by atoms with Crippen molar-refractivity contribution in [1.82, 2.24) is 15.0 Å². The number of carbonyl (C=O) groups is 1. The van der Waals surface area contributed by atoms with Crippen molar-refractivity contribution in [2.24, 2.45) is 0 Å². The Hall–Kier alpha value is -3.39. The number of rotatable bonds is 7. The van der Waals surface area contributed by atoms with Crippen LogP contribution < -0.4 is 10.1 Å². The van der Waals surface area contributed by atoms with Gasteiger partial charge in [0.05, 0.1) is 24.8 Å². The molecule has 2 N–H and O–H groups in total. The normalized spacial score (nSPS) is 16.2. The number of aliphatic hydroxyl groups is 1. The zero-order valence-electron chi connectivity index (χ0n) is 17.5. The van der Waals surface area contributed by atoms with Crippen molar-refractivity contribution in [3.8, 4) is 17.1 Å². The number of anilines is 1. The lowest BCUT2D eigenvalue weighted by atomic mass is 10.1. The fourth-order valence-electron chi connectivity index (χ4n) is 3.61. The van der Waals surface area contributed by atoms with E-state index in [1.807, 2.05) is 49.4 Å². The summed E-state index contributed by atoms with van der Waals surface area (Å²) in [6, 6.07) is 14.8. The number of hydrogen-bond acceptors (Lipinski definition) is 7. The first kappa shape index (κ1) is 20.9. The first-order valence-corrected chi connectivity index (χ1v) is 10.5. The topological polar surface area (TPSA) is 101 Å². The maximum atomic E-state index is 13.0. The number of ether oxygens (including phenoxy) is 1. The highest BCUT2D eigenvalue weighted by Gasteiger charge is 2.24. The number of likely N-dealkylation sites (tertiary alicyclic amines) is 1. The Labute approximate surface area is 180 Å². The SMILES string of the molecule is CCOc1ccc(-c2noc(CNc3ccccc3C(=O)N3CCCC(O)C3)n2)cc1. The second-order valence-corrected chi connectivity index (χ2v) is 7.42. The Balaban J connectivity index is 1.43. The molecular formula is C23H26N4O4. The molecule has 1 aliphatic rings. The number of piperidine rings is 1. The quantitative estimate of drug-likeness (QED) is 0.602. The first-order valence-electron chi connectivity index (χ1n) is 10.5. The Morgan fingerprint density at radius 2 is 2.06 bits per heavy atom. The molecule has 1 aromatic heterocycles. The highest BCUT2D eigenvalue weighted by molar-refractivity contribution is 5.99. The monoisotopic (exact) mass is 422 g/mol. The van der Waals surface area contributed by atoms with Gasteiger partial charge in [0.15, 0.2) is 0 Å². The van der Waals surface area contributed by atoms with Gasteiger partial charge < -0.3 is 24.6 Å². The summed E-state index contributed by atoms with van der Waals surface area (Å²) in [5.41, 5.74) is 2.08. The average Bonchev–Trinajstić information content (AvgIpc) is 3.27. The highest BCUT2D eigenvalue weighted by atomic mass is 16.5. The minimum Gasteiger partial charge on any atom is -0.494 e. The first-order chi connectivity index (χ1) is 15.1. The fourth-order valence-corrected chi connectivity index (χ4v) is 3.61. The van der Waals surface area contributed by atoms with Crippen LogP contribution in [-0.4, -0.2) is 51.9 Å². The van der Waals surface area contributed by atoms with E-state index in [0.717, 1.165) is 24.2 Å². The molecule has 0 saturated carbocycles. The third-order valence-electron chi connectivity index (χ3n) is 5.16. The summed E-state index contributed by atoms with van der Waals surface area (Å²) in [5, 5.41) is 17.2. The number of amides is 1. The molecule has 8 nitrogen and oxygen atoms in total. The van der Waals surface area contributed by atoms with E-state index in [9.17, 15) is 9.90 Å². The molecule has 1 aliphatic heterocycles. The van der Waals surface area contributed by atoms with Crippen LogP contribution in [-0.2, 0) is 6.54 Å². The molecule has 4 rings (SSSR count). The molecule has 1 fully saturated rings. The molecule has 0 radical (unpaired) electrons. The van der Waals surface area contributed by atoms with Crippen LogP contribution in [0.3, 0.4) is 0 Å². The van der Waals surface area contributed by atoms with Crippen LogP contribution in [0, 0.1) is 0 Å². The van der Waals surface area contributed by atoms with E-state index >= 15 is 0 Å². The number of aliphatic hydroxyl groups excluding tert-OH is 1. The zero-order chi connectivity index (χ0) is 21.6. The molecule has 1 saturated heterocycles. The minimum atomic E-state index is -0.461. The van der Waals surface area contributed by atoms with Gasteiger partial charge in [-0.3, -0.25) is 4.79 Å². The van der Waals surface area contributed by atoms with E-state index < -0.39 is 6.10 Å². The highest BCUT2D eigenvalue weighted by Crippen LogP contribution is 2.22.